The first-order valence-corrected chi connectivity index (χ1v) is 11.2. The number of benzene rings is 1. The molecule has 2 heterocycles. The Bertz CT molecular complexity index is 1210. The number of halogens is 4. The van der Waals surface area contributed by atoms with Crippen LogP contribution < -0.4 is 0 Å². The lowest BCUT2D eigenvalue weighted by atomic mass is 9.96. The Labute approximate surface area is 205 Å². The van der Waals surface area contributed by atoms with Crippen molar-refractivity contribution in [1.82, 2.24) is 14.9 Å². The summed E-state index contributed by atoms with van der Waals surface area (Å²) >= 11 is 0. The van der Waals surface area contributed by atoms with Gasteiger partial charge >= 0.3 is 12.1 Å². The number of hydrogen-bond donors (Lipinski definition) is 0. The average molecular weight is 503 g/mol. The van der Waals surface area contributed by atoms with Gasteiger partial charge in [-0.05, 0) is 53.4 Å². The third kappa shape index (κ3) is 7.10. The van der Waals surface area contributed by atoms with E-state index in [4.69, 9.17) is 4.74 Å². The molecule has 0 bridgehead atoms. The van der Waals surface area contributed by atoms with E-state index in [1.807, 2.05) is 0 Å². The third-order valence-electron chi connectivity index (χ3n) is 5.40. The maximum Gasteiger partial charge on any atom is 0.416 e. The summed E-state index contributed by atoms with van der Waals surface area (Å²) in [6.07, 6.45) is -0.212. The molecular formula is C26H25F4N3O3. The summed E-state index contributed by atoms with van der Waals surface area (Å²) in [6.45, 7) is 2.45. The molecule has 2 aromatic heterocycles. The molecule has 0 saturated heterocycles. The zero-order chi connectivity index (χ0) is 26.3. The molecule has 0 N–H and O–H groups in total. The van der Waals surface area contributed by atoms with Gasteiger partial charge in [-0.2, -0.15) is 13.2 Å². The van der Waals surface area contributed by atoms with Crippen LogP contribution in [0.5, 0.6) is 0 Å². The molecule has 0 atom stereocenters. The minimum atomic E-state index is -4.58. The van der Waals surface area contributed by atoms with Gasteiger partial charge in [0, 0.05) is 44.2 Å². The molecular weight excluding hydrogens is 478 g/mol. The smallest absolute Gasteiger partial charge is 0.416 e. The third-order valence-corrected chi connectivity index (χ3v) is 5.40. The van der Waals surface area contributed by atoms with Crippen LogP contribution in [0.2, 0.25) is 0 Å². The Morgan fingerprint density at radius 1 is 1.00 bits per heavy atom. The van der Waals surface area contributed by atoms with Crippen molar-refractivity contribution in [2.24, 2.45) is 0 Å². The fourth-order valence-corrected chi connectivity index (χ4v) is 3.62. The second kappa shape index (κ2) is 11.7. The highest BCUT2D eigenvalue weighted by atomic mass is 19.4. The molecule has 1 aromatic carbocycles. The van der Waals surface area contributed by atoms with Crippen LogP contribution in [0.25, 0.3) is 11.1 Å². The molecule has 190 valence electrons. The van der Waals surface area contributed by atoms with Crippen molar-refractivity contribution in [2.45, 2.75) is 46.2 Å². The normalized spacial score (nSPS) is 11.3. The number of alkyl halides is 4. The number of nitrogens with zero attached hydrogens (tertiary/aromatic N) is 3. The summed E-state index contributed by atoms with van der Waals surface area (Å²) in [6, 6.07) is 8.08. The Kier molecular flexibility index (Phi) is 8.73. The van der Waals surface area contributed by atoms with Crippen molar-refractivity contribution in [3.8, 4) is 11.1 Å². The molecule has 3 rings (SSSR count). The number of amides is 1. The van der Waals surface area contributed by atoms with Crippen molar-refractivity contribution in [3.05, 3.63) is 82.9 Å². The van der Waals surface area contributed by atoms with Gasteiger partial charge in [0.05, 0.1) is 24.3 Å². The first-order chi connectivity index (χ1) is 17.1. The Hall–Kier alpha value is -3.82. The summed E-state index contributed by atoms with van der Waals surface area (Å²) in [5, 5.41) is 0. The molecule has 0 aliphatic rings. The monoisotopic (exact) mass is 503 g/mol. The summed E-state index contributed by atoms with van der Waals surface area (Å²) < 4.78 is 58.3. The maximum atomic E-state index is 13.5. The molecule has 3 aromatic rings. The summed E-state index contributed by atoms with van der Waals surface area (Å²) in [5.41, 5.74) is 1.73. The lowest BCUT2D eigenvalue weighted by Crippen LogP contribution is -2.28. The van der Waals surface area contributed by atoms with Crippen LogP contribution >= 0.6 is 0 Å². The fourth-order valence-electron chi connectivity index (χ4n) is 3.62. The predicted octanol–water partition coefficient (Wildman–Crippen LogP) is 5.29. The molecule has 0 aliphatic carbocycles. The van der Waals surface area contributed by atoms with E-state index in [9.17, 15) is 27.2 Å². The van der Waals surface area contributed by atoms with E-state index >= 15 is 0 Å². The van der Waals surface area contributed by atoms with Gasteiger partial charge in [-0.1, -0.05) is 12.1 Å². The second-order valence-electron chi connectivity index (χ2n) is 8.10. The van der Waals surface area contributed by atoms with Gasteiger partial charge in [-0.25, -0.2) is 4.39 Å². The lowest BCUT2D eigenvalue weighted by molar-refractivity contribution is -0.142. The molecule has 0 spiro atoms. The van der Waals surface area contributed by atoms with Gasteiger partial charge in [0.25, 0.3) is 0 Å². The number of hydrogen-bond acceptors (Lipinski definition) is 5. The summed E-state index contributed by atoms with van der Waals surface area (Å²) in [7, 11) is 0. The zero-order valence-corrected chi connectivity index (χ0v) is 19.8. The highest BCUT2D eigenvalue weighted by molar-refractivity contribution is 5.76. The standard InChI is InChI=1S/C26H25F4N3O3/c1-3-36-25(35)9-19-8-20(14-31-12-19)24-7-5-22(26(28,29)30)10-21(24)16-33(17(2)34)15-18-4-6-23(11-27)32-13-18/h4-8,10,12-14H,3,9,11,15-16H2,1-2H3. The van der Waals surface area contributed by atoms with Crippen molar-refractivity contribution in [3.63, 3.8) is 0 Å². The second-order valence-corrected chi connectivity index (χ2v) is 8.10. The van der Waals surface area contributed by atoms with Crippen molar-refractivity contribution < 1.29 is 31.9 Å². The largest absolute Gasteiger partial charge is 0.466 e. The van der Waals surface area contributed by atoms with Gasteiger partial charge in [-0.3, -0.25) is 19.6 Å². The van der Waals surface area contributed by atoms with E-state index in [-0.39, 0.29) is 43.3 Å². The summed E-state index contributed by atoms with van der Waals surface area (Å²) in [4.78, 5) is 33.8. The number of carbonyl (C=O) groups is 2. The maximum absolute atomic E-state index is 13.5. The molecule has 0 saturated carbocycles. The number of pyridine rings is 2. The molecule has 6 nitrogen and oxygen atoms in total. The van der Waals surface area contributed by atoms with Crippen LogP contribution in [0, 0.1) is 0 Å². The SMILES string of the molecule is CCOC(=O)Cc1cncc(-c2ccc(C(F)(F)F)cc2CN(Cc2ccc(CF)nc2)C(C)=O)c1. The first-order valence-electron chi connectivity index (χ1n) is 11.2. The molecule has 1 amide bonds. The van der Waals surface area contributed by atoms with Crippen LogP contribution in [0.1, 0.15) is 41.8 Å². The number of esters is 1. The van der Waals surface area contributed by atoms with Gasteiger partial charge in [0.2, 0.25) is 5.91 Å². The van der Waals surface area contributed by atoms with E-state index < -0.39 is 24.4 Å². The number of carbonyl (C=O) groups excluding carboxylic acids is 2. The van der Waals surface area contributed by atoms with Crippen molar-refractivity contribution >= 4 is 11.9 Å². The number of rotatable bonds is 9. The molecule has 0 radical (unpaired) electrons. The summed E-state index contributed by atoms with van der Waals surface area (Å²) in [5.74, 6) is -0.804. The molecule has 0 unspecified atom stereocenters. The first kappa shape index (κ1) is 26.8. The zero-order valence-electron chi connectivity index (χ0n) is 19.8. The Morgan fingerprint density at radius 2 is 1.78 bits per heavy atom. The van der Waals surface area contributed by atoms with E-state index in [1.165, 1.54) is 42.5 Å². The average Bonchev–Trinajstić information content (AvgIpc) is 2.83. The fraction of sp³-hybridized carbons (Fsp3) is 0.308. The molecule has 0 fully saturated rings. The highest BCUT2D eigenvalue weighted by Gasteiger charge is 2.31. The van der Waals surface area contributed by atoms with E-state index in [1.54, 1.807) is 19.1 Å². The van der Waals surface area contributed by atoms with Crippen molar-refractivity contribution in [1.29, 1.82) is 0 Å². The Morgan fingerprint density at radius 3 is 2.39 bits per heavy atom. The number of aromatic nitrogens is 2. The predicted molar refractivity (Wildman–Crippen MR) is 124 cm³/mol. The highest BCUT2D eigenvalue weighted by Crippen LogP contribution is 2.34. The van der Waals surface area contributed by atoms with E-state index in [2.05, 4.69) is 9.97 Å². The van der Waals surface area contributed by atoms with Gasteiger partial charge in [0.15, 0.2) is 0 Å². The topological polar surface area (TPSA) is 72.4 Å². The minimum Gasteiger partial charge on any atom is -0.466 e. The van der Waals surface area contributed by atoms with Crippen LogP contribution in [0.4, 0.5) is 17.6 Å². The van der Waals surface area contributed by atoms with Crippen LogP contribution in [-0.4, -0.2) is 33.4 Å². The van der Waals surface area contributed by atoms with Crippen molar-refractivity contribution in [2.75, 3.05) is 6.61 Å². The Balaban J connectivity index is 1.98. The van der Waals surface area contributed by atoms with Gasteiger partial charge in [-0.15, -0.1) is 0 Å². The molecule has 10 heteroatoms. The van der Waals surface area contributed by atoms with Crippen LogP contribution in [0.3, 0.4) is 0 Å². The number of ether oxygens (including phenoxy) is 1. The van der Waals surface area contributed by atoms with E-state index in [0.717, 1.165) is 12.1 Å². The van der Waals surface area contributed by atoms with Crippen LogP contribution in [0.15, 0.2) is 55.0 Å². The van der Waals surface area contributed by atoms with Gasteiger partial charge in [0.1, 0.15) is 6.67 Å². The van der Waals surface area contributed by atoms with E-state index in [0.29, 0.717) is 22.3 Å². The lowest BCUT2D eigenvalue weighted by Gasteiger charge is -2.24. The molecule has 0 aliphatic heterocycles. The minimum absolute atomic E-state index is 0.0356. The quantitative estimate of drug-likeness (QED) is 0.293. The van der Waals surface area contributed by atoms with Crippen LogP contribution in [-0.2, 0) is 46.7 Å². The molecule has 36 heavy (non-hydrogen) atoms. The van der Waals surface area contributed by atoms with Gasteiger partial charge < -0.3 is 9.64 Å².